The van der Waals surface area contributed by atoms with Crippen LogP contribution in [0, 0.1) is 0 Å². The first-order chi connectivity index (χ1) is 8.78. The summed E-state index contributed by atoms with van der Waals surface area (Å²) in [6.07, 6.45) is 3.73. The Balaban J connectivity index is 1.92. The summed E-state index contributed by atoms with van der Waals surface area (Å²) in [5.74, 6) is 1.97. The van der Waals surface area contributed by atoms with Gasteiger partial charge in [-0.15, -0.1) is 0 Å². The molecule has 2 aromatic rings. The largest absolute Gasteiger partial charge is 0.459 e. The molecule has 1 aliphatic carbocycles. The Labute approximate surface area is 108 Å². The lowest BCUT2D eigenvalue weighted by Crippen LogP contribution is -2.10. The molecular formula is C16H19NO. The average Bonchev–Trinajstić information content (AvgIpc) is 3.05. The summed E-state index contributed by atoms with van der Waals surface area (Å²) in [7, 11) is 1.95. The highest BCUT2D eigenvalue weighted by molar-refractivity contribution is 5.60. The molecule has 1 aromatic heterocycles. The maximum Gasteiger partial charge on any atom is 0.134 e. The van der Waals surface area contributed by atoms with E-state index in [0.717, 1.165) is 11.5 Å². The first-order valence-corrected chi connectivity index (χ1v) is 6.67. The Morgan fingerprint density at radius 1 is 1.11 bits per heavy atom. The summed E-state index contributed by atoms with van der Waals surface area (Å²) >= 11 is 0. The average molecular weight is 241 g/mol. The third-order valence-corrected chi connectivity index (χ3v) is 3.87. The zero-order valence-electron chi connectivity index (χ0n) is 11.0. The summed E-state index contributed by atoms with van der Waals surface area (Å²) in [6.45, 7) is 2.10. The fraction of sp³-hybridized carbons (Fsp3) is 0.375. The van der Waals surface area contributed by atoms with E-state index in [-0.39, 0.29) is 6.04 Å². The molecule has 0 bridgehead atoms. The molecule has 18 heavy (non-hydrogen) atoms. The summed E-state index contributed by atoms with van der Waals surface area (Å²) in [5.41, 5.74) is 4.20. The normalized spacial score (nSPS) is 15.7. The van der Waals surface area contributed by atoms with Gasteiger partial charge in [-0.05, 0) is 62.6 Å². The van der Waals surface area contributed by atoms with Gasteiger partial charge in [-0.25, -0.2) is 0 Å². The fourth-order valence-electron chi connectivity index (χ4n) is 2.61. The maximum absolute atomic E-state index is 5.92. The number of hydrogen-bond acceptors (Lipinski definition) is 2. The van der Waals surface area contributed by atoms with Crippen molar-refractivity contribution in [2.24, 2.45) is 0 Å². The first kappa shape index (κ1) is 11.5. The molecule has 2 nitrogen and oxygen atoms in total. The van der Waals surface area contributed by atoms with Gasteiger partial charge in [0.1, 0.15) is 11.5 Å². The number of fused-ring (bicyclic) bond motifs is 1. The predicted molar refractivity (Wildman–Crippen MR) is 73.6 cm³/mol. The van der Waals surface area contributed by atoms with Crippen LogP contribution in [0.3, 0.4) is 0 Å². The first-order valence-electron chi connectivity index (χ1n) is 6.67. The molecule has 0 saturated heterocycles. The van der Waals surface area contributed by atoms with Gasteiger partial charge in [0.15, 0.2) is 0 Å². The number of nitrogens with one attached hydrogen (secondary N) is 1. The zero-order chi connectivity index (χ0) is 12.5. The second kappa shape index (κ2) is 4.62. The minimum atomic E-state index is 0.258. The minimum absolute atomic E-state index is 0.258. The Morgan fingerprint density at radius 2 is 1.94 bits per heavy atom. The number of hydrogen-bond donors (Lipinski definition) is 1. The molecule has 1 aliphatic rings. The van der Waals surface area contributed by atoms with Gasteiger partial charge in [0.25, 0.3) is 0 Å². The van der Waals surface area contributed by atoms with Gasteiger partial charge in [0, 0.05) is 5.56 Å². The van der Waals surface area contributed by atoms with Gasteiger partial charge in [-0.1, -0.05) is 12.1 Å². The molecule has 0 radical (unpaired) electrons. The molecule has 3 rings (SSSR count). The highest BCUT2D eigenvalue weighted by Gasteiger charge is 2.14. The molecule has 1 heterocycles. The molecule has 1 aromatic carbocycles. The molecule has 0 saturated carbocycles. The lowest BCUT2D eigenvalue weighted by molar-refractivity contribution is 0.458. The molecule has 1 N–H and O–H groups in total. The highest BCUT2D eigenvalue weighted by Crippen LogP contribution is 2.30. The van der Waals surface area contributed by atoms with Crippen LogP contribution in [-0.4, -0.2) is 7.05 Å². The van der Waals surface area contributed by atoms with Crippen molar-refractivity contribution in [3.63, 3.8) is 0 Å². The van der Waals surface area contributed by atoms with Crippen LogP contribution < -0.4 is 5.32 Å². The van der Waals surface area contributed by atoms with Crippen LogP contribution in [0.2, 0.25) is 0 Å². The second-order valence-corrected chi connectivity index (χ2v) is 5.05. The molecule has 0 amide bonds. The van der Waals surface area contributed by atoms with Crippen molar-refractivity contribution in [1.29, 1.82) is 0 Å². The van der Waals surface area contributed by atoms with Gasteiger partial charge in [0.05, 0.1) is 6.04 Å². The number of aryl methyl sites for hydroxylation is 2. The molecule has 94 valence electrons. The van der Waals surface area contributed by atoms with Crippen molar-refractivity contribution in [3.05, 3.63) is 47.2 Å². The van der Waals surface area contributed by atoms with Gasteiger partial charge in [0.2, 0.25) is 0 Å². The predicted octanol–water partition coefficient (Wildman–Crippen LogP) is 3.72. The van der Waals surface area contributed by atoms with Crippen molar-refractivity contribution in [2.45, 2.75) is 32.2 Å². The zero-order valence-corrected chi connectivity index (χ0v) is 11.0. The third-order valence-electron chi connectivity index (χ3n) is 3.87. The summed E-state index contributed by atoms with van der Waals surface area (Å²) < 4.78 is 5.92. The lowest BCUT2D eigenvalue weighted by Gasteiger charge is -2.06. The molecule has 0 aliphatic heterocycles. The van der Waals surface area contributed by atoms with E-state index in [4.69, 9.17) is 4.42 Å². The lowest BCUT2D eigenvalue weighted by atomic mass is 10.1. The summed E-state index contributed by atoms with van der Waals surface area (Å²) in [5, 5.41) is 3.19. The molecular weight excluding hydrogens is 222 g/mol. The smallest absolute Gasteiger partial charge is 0.134 e. The molecule has 0 spiro atoms. The summed E-state index contributed by atoms with van der Waals surface area (Å²) in [4.78, 5) is 0. The van der Waals surface area contributed by atoms with Crippen LogP contribution >= 0.6 is 0 Å². The van der Waals surface area contributed by atoms with Gasteiger partial charge in [-0.2, -0.15) is 0 Å². The third kappa shape index (κ3) is 1.97. The summed E-state index contributed by atoms with van der Waals surface area (Å²) in [6, 6.07) is 11.1. The molecule has 2 heteroatoms. The van der Waals surface area contributed by atoms with E-state index in [1.54, 1.807) is 0 Å². The van der Waals surface area contributed by atoms with Crippen molar-refractivity contribution in [3.8, 4) is 11.3 Å². The maximum atomic E-state index is 5.92. The minimum Gasteiger partial charge on any atom is -0.459 e. The van der Waals surface area contributed by atoms with Gasteiger partial charge in [-0.3, -0.25) is 0 Å². The van der Waals surface area contributed by atoms with Crippen LogP contribution in [-0.2, 0) is 12.8 Å². The highest BCUT2D eigenvalue weighted by atomic mass is 16.3. The van der Waals surface area contributed by atoms with E-state index in [1.807, 2.05) is 7.05 Å². The molecule has 0 fully saturated rings. The van der Waals surface area contributed by atoms with Crippen LogP contribution in [0.4, 0.5) is 0 Å². The van der Waals surface area contributed by atoms with Crippen LogP contribution in [0.1, 0.15) is 36.3 Å². The second-order valence-electron chi connectivity index (χ2n) is 5.05. The van der Waals surface area contributed by atoms with E-state index >= 15 is 0 Å². The van der Waals surface area contributed by atoms with Gasteiger partial charge >= 0.3 is 0 Å². The Bertz CT molecular complexity index is 556. The van der Waals surface area contributed by atoms with Crippen LogP contribution in [0.5, 0.6) is 0 Å². The number of rotatable bonds is 3. The van der Waals surface area contributed by atoms with Gasteiger partial charge < -0.3 is 9.73 Å². The Kier molecular flexibility index (Phi) is 2.96. The molecule has 1 unspecified atom stereocenters. The fourth-order valence-corrected chi connectivity index (χ4v) is 2.61. The Morgan fingerprint density at radius 3 is 2.78 bits per heavy atom. The van der Waals surface area contributed by atoms with Crippen LogP contribution in [0.15, 0.2) is 34.7 Å². The van der Waals surface area contributed by atoms with Crippen molar-refractivity contribution >= 4 is 0 Å². The van der Waals surface area contributed by atoms with E-state index in [0.29, 0.717) is 0 Å². The van der Waals surface area contributed by atoms with Crippen molar-refractivity contribution in [1.82, 2.24) is 5.32 Å². The van der Waals surface area contributed by atoms with E-state index in [2.05, 4.69) is 42.6 Å². The monoisotopic (exact) mass is 241 g/mol. The van der Waals surface area contributed by atoms with E-state index in [1.165, 1.54) is 36.0 Å². The Hall–Kier alpha value is -1.54. The van der Waals surface area contributed by atoms with E-state index < -0.39 is 0 Å². The molecule has 1 atom stereocenters. The van der Waals surface area contributed by atoms with E-state index in [9.17, 15) is 0 Å². The quantitative estimate of drug-likeness (QED) is 0.886. The van der Waals surface area contributed by atoms with Crippen molar-refractivity contribution in [2.75, 3.05) is 7.05 Å². The van der Waals surface area contributed by atoms with Crippen LogP contribution in [0.25, 0.3) is 11.3 Å². The number of benzene rings is 1. The standard InChI is InChI=1S/C16H19NO/c1-11(17-2)15-8-9-16(18-15)14-7-6-12-4-3-5-13(12)10-14/h6-11,17H,3-5H2,1-2H3. The topological polar surface area (TPSA) is 25.2 Å². The number of furan rings is 1. The van der Waals surface area contributed by atoms with Crippen molar-refractivity contribution < 1.29 is 4.42 Å². The SMILES string of the molecule is CNC(C)c1ccc(-c2ccc3c(c2)CCC3)o1.